The van der Waals surface area contributed by atoms with E-state index in [-0.39, 0.29) is 11.5 Å². The van der Waals surface area contributed by atoms with E-state index in [1.807, 2.05) is 19.1 Å². The van der Waals surface area contributed by atoms with E-state index in [4.69, 9.17) is 0 Å². The predicted octanol–water partition coefficient (Wildman–Crippen LogP) is 3.15. The Hall–Kier alpha value is -1.12. The van der Waals surface area contributed by atoms with E-state index in [1.54, 1.807) is 24.3 Å². The van der Waals surface area contributed by atoms with Crippen molar-refractivity contribution in [2.24, 2.45) is 0 Å². The van der Waals surface area contributed by atoms with E-state index < -0.39 is 10.0 Å². The summed E-state index contributed by atoms with van der Waals surface area (Å²) in [4.78, 5) is 0.156. The molecule has 0 spiro atoms. The van der Waals surface area contributed by atoms with Crippen molar-refractivity contribution in [3.8, 4) is 0 Å². The molecule has 2 aromatic rings. The Balaban J connectivity index is 2.38. The highest BCUT2D eigenvalue weighted by molar-refractivity contribution is 14.1. The number of hydrogen-bond donors (Lipinski definition) is 2. The van der Waals surface area contributed by atoms with Crippen LogP contribution in [0.3, 0.4) is 0 Å². The molecule has 0 aliphatic carbocycles. The fraction of sp³-hybridized carbons (Fsp3) is 0.200. The summed E-state index contributed by atoms with van der Waals surface area (Å²) in [5.41, 5.74) is 2.14. The number of aliphatic hydroxyl groups excluding tert-OH is 1. The molecule has 0 amide bonds. The van der Waals surface area contributed by atoms with E-state index in [2.05, 4.69) is 27.3 Å². The number of sulfonamides is 1. The van der Waals surface area contributed by atoms with Crippen molar-refractivity contribution in [2.75, 3.05) is 4.72 Å². The van der Waals surface area contributed by atoms with Crippen LogP contribution in [0.25, 0.3) is 0 Å². The van der Waals surface area contributed by atoms with Crippen molar-refractivity contribution in [3.63, 3.8) is 0 Å². The van der Waals surface area contributed by atoms with Crippen molar-refractivity contribution in [1.29, 1.82) is 0 Å². The van der Waals surface area contributed by atoms with Crippen LogP contribution in [0.1, 0.15) is 18.1 Å². The topological polar surface area (TPSA) is 66.4 Å². The molecule has 0 radical (unpaired) electrons. The number of nitrogens with one attached hydrogen (secondary N) is 1. The predicted molar refractivity (Wildman–Crippen MR) is 91.7 cm³/mol. The van der Waals surface area contributed by atoms with Gasteiger partial charge in [-0.15, -0.1) is 0 Å². The van der Waals surface area contributed by atoms with Crippen LogP contribution in [0.4, 0.5) is 5.69 Å². The van der Waals surface area contributed by atoms with Crippen LogP contribution in [-0.2, 0) is 23.1 Å². The second-order valence-electron chi connectivity index (χ2n) is 4.53. The zero-order chi connectivity index (χ0) is 15.5. The van der Waals surface area contributed by atoms with Crippen LogP contribution < -0.4 is 4.72 Å². The summed E-state index contributed by atoms with van der Waals surface area (Å²) in [6.45, 7) is 1.79. The summed E-state index contributed by atoms with van der Waals surface area (Å²) < 4.78 is 28.3. The number of aliphatic hydroxyl groups is 1. The summed E-state index contributed by atoms with van der Waals surface area (Å²) in [5.74, 6) is 0. The molecule has 0 atom stereocenters. The monoisotopic (exact) mass is 417 g/mol. The van der Waals surface area contributed by atoms with Crippen LogP contribution in [0.5, 0.6) is 0 Å². The van der Waals surface area contributed by atoms with Gasteiger partial charge in [0.05, 0.1) is 17.2 Å². The number of hydrogen-bond acceptors (Lipinski definition) is 3. The lowest BCUT2D eigenvalue weighted by Gasteiger charge is -2.12. The Bertz CT molecular complexity index is 744. The average Bonchev–Trinajstić information content (AvgIpc) is 2.48. The molecule has 0 aliphatic heterocycles. The first-order valence-corrected chi connectivity index (χ1v) is 9.04. The molecular formula is C15H16INO3S. The minimum absolute atomic E-state index is 0.156. The number of aryl methyl sites for hydroxylation is 1. The summed E-state index contributed by atoms with van der Waals surface area (Å²) in [6.07, 6.45) is 0.750. The van der Waals surface area contributed by atoms with Crippen molar-refractivity contribution >= 4 is 38.3 Å². The number of benzene rings is 2. The van der Waals surface area contributed by atoms with Gasteiger partial charge in [-0.05, 0) is 64.4 Å². The highest BCUT2D eigenvalue weighted by Gasteiger charge is 2.16. The molecule has 6 heteroatoms. The molecule has 0 saturated heterocycles. The van der Waals surface area contributed by atoms with Gasteiger partial charge in [0.1, 0.15) is 0 Å². The summed E-state index contributed by atoms with van der Waals surface area (Å²) in [7, 11) is -3.66. The van der Waals surface area contributed by atoms with Gasteiger partial charge in [0.15, 0.2) is 0 Å². The molecule has 2 aromatic carbocycles. The van der Waals surface area contributed by atoms with Crippen LogP contribution in [0, 0.1) is 3.57 Å². The van der Waals surface area contributed by atoms with E-state index in [0.29, 0.717) is 11.3 Å². The lowest BCUT2D eigenvalue weighted by Crippen LogP contribution is -2.14. The van der Waals surface area contributed by atoms with Gasteiger partial charge in [0, 0.05) is 3.57 Å². The maximum Gasteiger partial charge on any atom is 0.261 e. The lowest BCUT2D eigenvalue weighted by molar-refractivity contribution is 0.280. The van der Waals surface area contributed by atoms with E-state index in [0.717, 1.165) is 15.6 Å². The van der Waals surface area contributed by atoms with Gasteiger partial charge in [0.25, 0.3) is 10.0 Å². The van der Waals surface area contributed by atoms with Crippen LogP contribution in [0.2, 0.25) is 0 Å². The van der Waals surface area contributed by atoms with Gasteiger partial charge in [-0.25, -0.2) is 8.42 Å². The van der Waals surface area contributed by atoms with Crippen molar-refractivity contribution in [2.45, 2.75) is 24.8 Å². The first-order valence-electron chi connectivity index (χ1n) is 6.48. The molecular weight excluding hydrogens is 401 g/mol. The molecule has 0 bridgehead atoms. The average molecular weight is 417 g/mol. The zero-order valence-corrected chi connectivity index (χ0v) is 14.5. The first kappa shape index (κ1) is 16.3. The largest absolute Gasteiger partial charge is 0.392 e. The van der Waals surface area contributed by atoms with E-state index in [1.165, 1.54) is 6.07 Å². The summed E-state index contributed by atoms with van der Waals surface area (Å²) >= 11 is 2.08. The maximum atomic E-state index is 12.4. The van der Waals surface area contributed by atoms with Gasteiger partial charge in [0.2, 0.25) is 0 Å². The lowest BCUT2D eigenvalue weighted by atomic mass is 10.1. The fourth-order valence-corrected chi connectivity index (χ4v) is 3.84. The molecule has 0 unspecified atom stereocenters. The normalized spacial score (nSPS) is 11.4. The van der Waals surface area contributed by atoms with Crippen LogP contribution in [0.15, 0.2) is 47.4 Å². The van der Waals surface area contributed by atoms with Crippen molar-refractivity contribution in [3.05, 3.63) is 57.2 Å². The Labute approximate surface area is 138 Å². The SMILES string of the molecule is CCc1ccc(S(=O)(=O)Nc2ccccc2I)cc1CO. The second-order valence-corrected chi connectivity index (χ2v) is 7.37. The number of anilines is 1. The fourth-order valence-electron chi connectivity index (χ4n) is 2.01. The molecule has 2 N–H and O–H groups in total. The zero-order valence-electron chi connectivity index (χ0n) is 11.5. The molecule has 0 heterocycles. The molecule has 0 saturated carbocycles. The van der Waals surface area contributed by atoms with Crippen molar-refractivity contribution < 1.29 is 13.5 Å². The first-order chi connectivity index (χ1) is 9.97. The highest BCUT2D eigenvalue weighted by Crippen LogP contribution is 2.23. The quantitative estimate of drug-likeness (QED) is 0.735. The molecule has 2 rings (SSSR count). The Morgan fingerprint density at radius 2 is 1.86 bits per heavy atom. The van der Waals surface area contributed by atoms with Gasteiger partial charge >= 0.3 is 0 Å². The van der Waals surface area contributed by atoms with Crippen LogP contribution in [-0.4, -0.2) is 13.5 Å². The number of para-hydroxylation sites is 1. The van der Waals surface area contributed by atoms with E-state index >= 15 is 0 Å². The van der Waals surface area contributed by atoms with Gasteiger partial charge in [-0.2, -0.15) is 0 Å². The summed E-state index contributed by atoms with van der Waals surface area (Å²) in [5, 5.41) is 9.36. The summed E-state index contributed by atoms with van der Waals surface area (Å²) in [6, 6.07) is 12.0. The van der Waals surface area contributed by atoms with Crippen LogP contribution >= 0.6 is 22.6 Å². The van der Waals surface area contributed by atoms with Gasteiger partial charge in [-0.1, -0.05) is 25.1 Å². The highest BCUT2D eigenvalue weighted by atomic mass is 127. The second kappa shape index (κ2) is 6.76. The minimum atomic E-state index is -3.66. The third kappa shape index (κ3) is 3.75. The van der Waals surface area contributed by atoms with Gasteiger partial charge < -0.3 is 5.11 Å². The maximum absolute atomic E-state index is 12.4. The third-order valence-corrected chi connectivity index (χ3v) is 5.46. The molecule has 112 valence electrons. The third-order valence-electron chi connectivity index (χ3n) is 3.16. The molecule has 21 heavy (non-hydrogen) atoms. The van der Waals surface area contributed by atoms with E-state index in [9.17, 15) is 13.5 Å². The Morgan fingerprint density at radius 1 is 1.14 bits per heavy atom. The molecule has 4 nitrogen and oxygen atoms in total. The molecule has 0 fully saturated rings. The smallest absolute Gasteiger partial charge is 0.261 e. The molecule has 0 aliphatic rings. The van der Waals surface area contributed by atoms with Gasteiger partial charge in [-0.3, -0.25) is 4.72 Å². The Morgan fingerprint density at radius 3 is 2.48 bits per heavy atom. The Kier molecular flexibility index (Phi) is 5.23. The number of halogens is 1. The molecule has 0 aromatic heterocycles. The minimum Gasteiger partial charge on any atom is -0.392 e. The standard InChI is InChI=1S/C15H16INO3S/c1-2-11-7-8-13(9-12(11)10-18)21(19,20)17-15-6-4-3-5-14(15)16/h3-9,17-18H,2,10H2,1H3. The number of rotatable bonds is 5. The van der Waals surface area contributed by atoms with Crippen molar-refractivity contribution in [1.82, 2.24) is 0 Å².